The summed E-state index contributed by atoms with van der Waals surface area (Å²) in [6.45, 7) is 4.17. The molecule has 2 rings (SSSR count). The molecule has 19 heavy (non-hydrogen) atoms. The summed E-state index contributed by atoms with van der Waals surface area (Å²) < 4.78 is 19.2. The number of rotatable bonds is 4. The third-order valence-corrected chi connectivity index (χ3v) is 2.92. The van der Waals surface area contributed by atoms with Gasteiger partial charge in [0.15, 0.2) is 0 Å². The Morgan fingerprint density at radius 2 is 2.16 bits per heavy atom. The molecule has 0 unspecified atom stereocenters. The second-order valence-corrected chi connectivity index (χ2v) is 4.88. The molecule has 0 atom stereocenters. The highest BCUT2D eigenvalue weighted by molar-refractivity contribution is 5.96. The van der Waals surface area contributed by atoms with E-state index in [-0.39, 0.29) is 11.3 Å². The van der Waals surface area contributed by atoms with Crippen LogP contribution in [0.1, 0.15) is 19.5 Å². The molecule has 1 aromatic heterocycles. The van der Waals surface area contributed by atoms with Crippen LogP contribution in [0.2, 0.25) is 0 Å². The van der Waals surface area contributed by atoms with Crippen molar-refractivity contribution in [3.05, 3.63) is 29.7 Å². The van der Waals surface area contributed by atoms with Gasteiger partial charge in [-0.1, -0.05) is 13.8 Å². The van der Waals surface area contributed by atoms with Crippen molar-refractivity contribution in [3.63, 3.8) is 0 Å². The Kier molecular flexibility index (Phi) is 3.85. The Balaban J connectivity index is 2.72. The number of halogens is 1. The number of pyridine rings is 1. The van der Waals surface area contributed by atoms with E-state index in [1.54, 1.807) is 6.07 Å². The zero-order valence-electron chi connectivity index (χ0n) is 11.3. The van der Waals surface area contributed by atoms with Crippen molar-refractivity contribution in [1.82, 2.24) is 4.98 Å². The Bertz CT molecular complexity index is 599. The zero-order chi connectivity index (χ0) is 14.0. The van der Waals surface area contributed by atoms with Gasteiger partial charge in [-0.05, 0) is 30.5 Å². The molecule has 0 amide bonds. The van der Waals surface area contributed by atoms with Crippen molar-refractivity contribution in [1.29, 1.82) is 0 Å². The standard InChI is InChI=1S/C14H18FN3O/c1-8(2)6-9-7-11(18-16)13-12(19-3)5-4-10(15)14(13)17-9/h4-5,7-8H,6,16H2,1-3H3,(H,17,18). The fourth-order valence-corrected chi connectivity index (χ4v) is 2.14. The first kappa shape index (κ1) is 13.5. The van der Waals surface area contributed by atoms with Gasteiger partial charge < -0.3 is 10.2 Å². The number of nitrogen functional groups attached to an aromatic ring is 1. The molecule has 2 aromatic rings. The van der Waals surface area contributed by atoms with E-state index in [1.807, 2.05) is 6.07 Å². The lowest BCUT2D eigenvalue weighted by molar-refractivity contribution is 0.419. The quantitative estimate of drug-likeness (QED) is 0.657. The van der Waals surface area contributed by atoms with Crippen LogP contribution >= 0.6 is 0 Å². The van der Waals surface area contributed by atoms with Crippen LogP contribution in [0.4, 0.5) is 10.1 Å². The number of nitrogens with two attached hydrogens (primary N) is 1. The first-order chi connectivity index (χ1) is 9.06. The maximum absolute atomic E-state index is 13.9. The molecular formula is C14H18FN3O. The molecule has 0 bridgehead atoms. The van der Waals surface area contributed by atoms with E-state index in [9.17, 15) is 4.39 Å². The van der Waals surface area contributed by atoms with Crippen molar-refractivity contribution in [2.24, 2.45) is 11.8 Å². The molecule has 0 aliphatic rings. The van der Waals surface area contributed by atoms with Crippen LogP contribution in [0.5, 0.6) is 5.75 Å². The Morgan fingerprint density at radius 3 is 2.74 bits per heavy atom. The van der Waals surface area contributed by atoms with Gasteiger partial charge in [0.05, 0.1) is 18.2 Å². The van der Waals surface area contributed by atoms with Crippen LogP contribution < -0.4 is 16.0 Å². The van der Waals surface area contributed by atoms with Gasteiger partial charge in [0.25, 0.3) is 0 Å². The number of nitrogens with zero attached hydrogens (tertiary/aromatic N) is 1. The molecular weight excluding hydrogens is 245 g/mol. The summed E-state index contributed by atoms with van der Waals surface area (Å²) in [6.07, 6.45) is 0.765. The number of hydrogen-bond donors (Lipinski definition) is 2. The molecule has 1 heterocycles. The number of anilines is 1. The summed E-state index contributed by atoms with van der Waals surface area (Å²) in [6, 6.07) is 4.76. The summed E-state index contributed by atoms with van der Waals surface area (Å²) in [5, 5.41) is 0.567. The van der Waals surface area contributed by atoms with E-state index >= 15 is 0 Å². The summed E-state index contributed by atoms with van der Waals surface area (Å²) in [4.78, 5) is 4.38. The Hall–Kier alpha value is -1.88. The molecule has 4 nitrogen and oxygen atoms in total. The van der Waals surface area contributed by atoms with Crippen molar-refractivity contribution in [3.8, 4) is 5.75 Å². The maximum Gasteiger partial charge on any atom is 0.149 e. The van der Waals surface area contributed by atoms with Crippen molar-refractivity contribution >= 4 is 16.6 Å². The first-order valence-corrected chi connectivity index (χ1v) is 6.19. The van der Waals surface area contributed by atoms with Crippen LogP contribution in [0.3, 0.4) is 0 Å². The normalized spacial score (nSPS) is 11.1. The second kappa shape index (κ2) is 5.40. The lowest BCUT2D eigenvalue weighted by atomic mass is 10.0. The monoisotopic (exact) mass is 263 g/mol. The third-order valence-electron chi connectivity index (χ3n) is 2.92. The van der Waals surface area contributed by atoms with Gasteiger partial charge in [-0.15, -0.1) is 0 Å². The summed E-state index contributed by atoms with van der Waals surface area (Å²) in [5.74, 6) is 6.14. The lowest BCUT2D eigenvalue weighted by Gasteiger charge is -2.13. The molecule has 0 radical (unpaired) electrons. The van der Waals surface area contributed by atoms with Gasteiger partial charge in [-0.2, -0.15) is 0 Å². The topological polar surface area (TPSA) is 60.2 Å². The van der Waals surface area contributed by atoms with Crippen LogP contribution in [-0.4, -0.2) is 12.1 Å². The van der Waals surface area contributed by atoms with Gasteiger partial charge in [0, 0.05) is 5.69 Å². The van der Waals surface area contributed by atoms with E-state index in [1.165, 1.54) is 13.2 Å². The van der Waals surface area contributed by atoms with Crippen molar-refractivity contribution < 1.29 is 9.13 Å². The Morgan fingerprint density at radius 1 is 1.42 bits per heavy atom. The summed E-state index contributed by atoms with van der Waals surface area (Å²) in [5.41, 5.74) is 4.31. The average Bonchev–Trinajstić information content (AvgIpc) is 2.38. The van der Waals surface area contributed by atoms with E-state index in [2.05, 4.69) is 24.3 Å². The van der Waals surface area contributed by atoms with Crippen molar-refractivity contribution in [2.75, 3.05) is 12.5 Å². The highest BCUT2D eigenvalue weighted by atomic mass is 19.1. The van der Waals surface area contributed by atoms with Gasteiger partial charge >= 0.3 is 0 Å². The number of nitrogens with one attached hydrogen (secondary N) is 1. The third kappa shape index (κ3) is 2.61. The largest absolute Gasteiger partial charge is 0.496 e. The van der Waals surface area contributed by atoms with Gasteiger partial charge in [-0.25, -0.2) is 9.37 Å². The summed E-state index contributed by atoms with van der Waals surface area (Å²) in [7, 11) is 1.54. The number of benzene rings is 1. The van der Waals surface area contributed by atoms with Crippen LogP contribution in [-0.2, 0) is 6.42 Å². The number of aromatic nitrogens is 1. The average molecular weight is 263 g/mol. The second-order valence-electron chi connectivity index (χ2n) is 4.88. The number of fused-ring (bicyclic) bond motifs is 1. The Labute approximate surface area is 111 Å². The molecule has 1 aromatic carbocycles. The van der Waals surface area contributed by atoms with Crippen LogP contribution in [0.25, 0.3) is 10.9 Å². The molecule has 0 saturated carbocycles. The molecule has 0 fully saturated rings. The van der Waals surface area contributed by atoms with Crippen molar-refractivity contribution in [2.45, 2.75) is 20.3 Å². The molecule has 0 aliphatic heterocycles. The molecule has 0 saturated heterocycles. The molecule has 102 valence electrons. The van der Waals surface area contributed by atoms with E-state index in [4.69, 9.17) is 10.6 Å². The van der Waals surface area contributed by atoms with E-state index < -0.39 is 0 Å². The lowest BCUT2D eigenvalue weighted by Crippen LogP contribution is -2.10. The smallest absolute Gasteiger partial charge is 0.149 e. The fraction of sp³-hybridized carbons (Fsp3) is 0.357. The number of methoxy groups -OCH3 is 1. The van der Waals surface area contributed by atoms with Gasteiger partial charge in [-0.3, -0.25) is 5.84 Å². The van der Waals surface area contributed by atoms with Crippen LogP contribution in [0, 0.1) is 11.7 Å². The number of hydrogen-bond acceptors (Lipinski definition) is 4. The van der Waals surface area contributed by atoms with E-state index in [0.29, 0.717) is 22.7 Å². The van der Waals surface area contributed by atoms with Gasteiger partial charge in [0.2, 0.25) is 0 Å². The molecule has 3 N–H and O–H groups in total. The highest BCUT2D eigenvalue weighted by Gasteiger charge is 2.14. The minimum Gasteiger partial charge on any atom is -0.496 e. The SMILES string of the molecule is COc1ccc(F)c2nc(CC(C)C)cc(NN)c12. The number of hydrazine groups is 1. The minimum absolute atomic E-state index is 0.283. The molecule has 5 heteroatoms. The van der Waals surface area contributed by atoms with Crippen LogP contribution in [0.15, 0.2) is 18.2 Å². The molecule has 0 spiro atoms. The zero-order valence-corrected chi connectivity index (χ0v) is 11.3. The predicted octanol–water partition coefficient (Wildman–Crippen LogP) is 2.87. The number of ether oxygens (including phenoxy) is 1. The minimum atomic E-state index is -0.377. The predicted molar refractivity (Wildman–Crippen MR) is 74.6 cm³/mol. The van der Waals surface area contributed by atoms with Gasteiger partial charge in [0.1, 0.15) is 17.1 Å². The summed E-state index contributed by atoms with van der Waals surface area (Å²) >= 11 is 0. The fourth-order valence-electron chi connectivity index (χ4n) is 2.14. The maximum atomic E-state index is 13.9. The molecule has 0 aliphatic carbocycles. The first-order valence-electron chi connectivity index (χ1n) is 6.19. The highest BCUT2D eigenvalue weighted by Crippen LogP contribution is 2.33. The van der Waals surface area contributed by atoms with E-state index in [0.717, 1.165) is 12.1 Å².